The summed E-state index contributed by atoms with van der Waals surface area (Å²) in [6, 6.07) is -0.0231. The second kappa shape index (κ2) is 2.64. The van der Waals surface area contributed by atoms with Crippen molar-refractivity contribution in [1.82, 2.24) is 4.90 Å². The lowest BCUT2D eigenvalue weighted by Crippen LogP contribution is -2.35. The van der Waals surface area contributed by atoms with Crippen LogP contribution in [0.2, 0.25) is 0 Å². The molecule has 1 heterocycles. The fourth-order valence-corrected chi connectivity index (χ4v) is 1.25. The Morgan fingerprint density at radius 2 is 2.33 bits per heavy atom. The Bertz CT molecular complexity index is 87.1. The van der Waals surface area contributed by atoms with Crippen molar-refractivity contribution in [2.75, 3.05) is 20.2 Å². The van der Waals surface area contributed by atoms with Crippen molar-refractivity contribution < 1.29 is 10.2 Å². The SMILES string of the molecule is CN1CCC(O)C1CO. The molecule has 3 heteroatoms. The summed E-state index contributed by atoms with van der Waals surface area (Å²) in [6.45, 7) is 0.962. The molecule has 0 aromatic carbocycles. The fourth-order valence-electron chi connectivity index (χ4n) is 1.25. The number of rotatable bonds is 1. The van der Waals surface area contributed by atoms with Gasteiger partial charge in [0.15, 0.2) is 0 Å². The molecule has 1 aliphatic heterocycles. The molecule has 9 heavy (non-hydrogen) atoms. The van der Waals surface area contributed by atoms with Gasteiger partial charge in [-0.1, -0.05) is 0 Å². The van der Waals surface area contributed by atoms with E-state index in [1.807, 2.05) is 11.9 Å². The highest BCUT2D eigenvalue weighted by Gasteiger charge is 2.28. The third-order valence-corrected chi connectivity index (χ3v) is 1.97. The molecule has 2 unspecified atom stereocenters. The third kappa shape index (κ3) is 1.23. The fraction of sp³-hybridized carbons (Fsp3) is 1.00. The molecule has 0 amide bonds. The summed E-state index contributed by atoms with van der Waals surface area (Å²) in [5.74, 6) is 0. The van der Waals surface area contributed by atoms with Crippen molar-refractivity contribution in [3.8, 4) is 0 Å². The van der Waals surface area contributed by atoms with Crippen LogP contribution in [0.1, 0.15) is 6.42 Å². The van der Waals surface area contributed by atoms with Gasteiger partial charge in [0.1, 0.15) is 0 Å². The lowest BCUT2D eigenvalue weighted by atomic mass is 10.2. The van der Waals surface area contributed by atoms with E-state index in [-0.39, 0.29) is 18.8 Å². The normalized spacial score (nSPS) is 37.7. The predicted molar refractivity (Wildman–Crippen MR) is 34.1 cm³/mol. The number of likely N-dealkylation sites (N-methyl/N-ethyl adjacent to an activating group) is 1. The smallest absolute Gasteiger partial charge is 0.0729 e. The standard InChI is InChI=1S/C6H13NO2/c1-7-3-2-6(9)5(7)4-8/h5-6,8-9H,2-4H2,1H3. The summed E-state index contributed by atoms with van der Waals surface area (Å²) in [6.07, 6.45) is 0.474. The Kier molecular flexibility index (Phi) is 2.05. The minimum atomic E-state index is -0.319. The first-order chi connectivity index (χ1) is 4.25. The molecule has 0 aromatic rings. The molecule has 0 saturated carbocycles. The van der Waals surface area contributed by atoms with Gasteiger partial charge >= 0.3 is 0 Å². The lowest BCUT2D eigenvalue weighted by molar-refractivity contribution is 0.0822. The predicted octanol–water partition coefficient (Wildman–Crippen LogP) is -0.956. The summed E-state index contributed by atoms with van der Waals surface area (Å²) in [7, 11) is 1.91. The highest BCUT2D eigenvalue weighted by molar-refractivity contribution is 4.83. The zero-order valence-electron chi connectivity index (χ0n) is 5.62. The van der Waals surface area contributed by atoms with Crippen LogP contribution >= 0.6 is 0 Å². The van der Waals surface area contributed by atoms with Crippen LogP contribution < -0.4 is 0 Å². The molecule has 0 spiro atoms. The Hall–Kier alpha value is -0.120. The quantitative estimate of drug-likeness (QED) is 0.482. The Morgan fingerprint density at radius 1 is 1.67 bits per heavy atom. The van der Waals surface area contributed by atoms with E-state index in [9.17, 15) is 0 Å². The number of aliphatic hydroxyl groups is 2. The molecular formula is C6H13NO2. The molecule has 3 nitrogen and oxygen atoms in total. The average molecular weight is 131 g/mol. The largest absolute Gasteiger partial charge is 0.395 e. The maximum absolute atomic E-state index is 9.16. The highest BCUT2D eigenvalue weighted by Crippen LogP contribution is 2.14. The lowest BCUT2D eigenvalue weighted by Gasteiger charge is -2.18. The van der Waals surface area contributed by atoms with Crippen molar-refractivity contribution >= 4 is 0 Å². The second-order valence-electron chi connectivity index (χ2n) is 2.59. The topological polar surface area (TPSA) is 43.7 Å². The van der Waals surface area contributed by atoms with E-state index >= 15 is 0 Å². The maximum Gasteiger partial charge on any atom is 0.0729 e. The van der Waals surface area contributed by atoms with Crippen LogP contribution in [0.4, 0.5) is 0 Å². The van der Waals surface area contributed by atoms with Crippen LogP contribution in [0, 0.1) is 0 Å². The number of nitrogens with zero attached hydrogens (tertiary/aromatic N) is 1. The second-order valence-corrected chi connectivity index (χ2v) is 2.59. The zero-order valence-corrected chi connectivity index (χ0v) is 5.62. The van der Waals surface area contributed by atoms with Gasteiger partial charge in [-0.25, -0.2) is 0 Å². The van der Waals surface area contributed by atoms with Crippen molar-refractivity contribution in [1.29, 1.82) is 0 Å². The number of aliphatic hydroxyl groups excluding tert-OH is 2. The van der Waals surface area contributed by atoms with Crippen molar-refractivity contribution in [3.05, 3.63) is 0 Å². The van der Waals surface area contributed by atoms with E-state index in [2.05, 4.69) is 0 Å². The van der Waals surface area contributed by atoms with Gasteiger partial charge in [-0.3, -0.25) is 4.90 Å². The summed E-state index contributed by atoms with van der Waals surface area (Å²) in [5, 5.41) is 17.9. The molecule has 54 valence electrons. The number of hydrogen-bond acceptors (Lipinski definition) is 3. The van der Waals surface area contributed by atoms with Crippen LogP contribution in [0.15, 0.2) is 0 Å². The first kappa shape index (κ1) is 6.99. The van der Waals surface area contributed by atoms with Crippen LogP contribution in [0.25, 0.3) is 0 Å². The van der Waals surface area contributed by atoms with Gasteiger partial charge in [0, 0.05) is 6.54 Å². The third-order valence-electron chi connectivity index (χ3n) is 1.97. The van der Waals surface area contributed by atoms with Crippen molar-refractivity contribution in [3.63, 3.8) is 0 Å². The molecule has 2 N–H and O–H groups in total. The minimum absolute atomic E-state index is 0.0231. The van der Waals surface area contributed by atoms with E-state index in [0.29, 0.717) is 0 Å². The van der Waals surface area contributed by atoms with Crippen LogP contribution in [0.3, 0.4) is 0 Å². The molecule has 0 radical (unpaired) electrons. The monoisotopic (exact) mass is 131 g/mol. The summed E-state index contributed by atoms with van der Waals surface area (Å²) in [5.41, 5.74) is 0. The molecule has 2 atom stereocenters. The van der Waals surface area contributed by atoms with Gasteiger partial charge < -0.3 is 10.2 Å². The number of likely N-dealkylation sites (tertiary alicyclic amines) is 1. The maximum atomic E-state index is 9.16. The van der Waals surface area contributed by atoms with E-state index in [1.165, 1.54) is 0 Å². The summed E-state index contributed by atoms with van der Waals surface area (Å²) >= 11 is 0. The molecule has 0 aromatic heterocycles. The Morgan fingerprint density at radius 3 is 2.56 bits per heavy atom. The van der Waals surface area contributed by atoms with Crippen LogP contribution in [-0.2, 0) is 0 Å². The van der Waals surface area contributed by atoms with Crippen molar-refractivity contribution in [2.45, 2.75) is 18.6 Å². The molecular weight excluding hydrogens is 118 g/mol. The van der Waals surface area contributed by atoms with Gasteiger partial charge in [-0.15, -0.1) is 0 Å². The van der Waals surface area contributed by atoms with E-state index in [1.54, 1.807) is 0 Å². The van der Waals surface area contributed by atoms with Crippen LogP contribution in [-0.4, -0.2) is 47.5 Å². The Labute approximate surface area is 54.9 Å². The molecule has 1 fully saturated rings. The molecule has 1 saturated heterocycles. The Balaban J connectivity index is 2.44. The molecule has 1 rings (SSSR count). The summed E-state index contributed by atoms with van der Waals surface area (Å²) < 4.78 is 0. The highest BCUT2D eigenvalue weighted by atomic mass is 16.3. The zero-order chi connectivity index (χ0) is 6.85. The molecule has 0 aliphatic carbocycles. The van der Waals surface area contributed by atoms with Gasteiger partial charge in [-0.2, -0.15) is 0 Å². The molecule has 0 bridgehead atoms. The minimum Gasteiger partial charge on any atom is -0.395 e. The van der Waals surface area contributed by atoms with Crippen LogP contribution in [0.5, 0.6) is 0 Å². The summed E-state index contributed by atoms with van der Waals surface area (Å²) in [4.78, 5) is 1.98. The first-order valence-corrected chi connectivity index (χ1v) is 3.25. The van der Waals surface area contributed by atoms with E-state index in [4.69, 9.17) is 10.2 Å². The van der Waals surface area contributed by atoms with Gasteiger partial charge in [0.2, 0.25) is 0 Å². The van der Waals surface area contributed by atoms with Gasteiger partial charge in [0.25, 0.3) is 0 Å². The van der Waals surface area contributed by atoms with E-state index < -0.39 is 0 Å². The van der Waals surface area contributed by atoms with Gasteiger partial charge in [0.05, 0.1) is 18.8 Å². The molecule has 1 aliphatic rings. The van der Waals surface area contributed by atoms with E-state index in [0.717, 1.165) is 13.0 Å². The number of hydrogen-bond donors (Lipinski definition) is 2. The average Bonchev–Trinajstić information content (AvgIpc) is 2.12. The van der Waals surface area contributed by atoms with Crippen molar-refractivity contribution in [2.24, 2.45) is 0 Å². The first-order valence-electron chi connectivity index (χ1n) is 3.25. The van der Waals surface area contributed by atoms with Gasteiger partial charge in [-0.05, 0) is 13.5 Å².